The maximum atomic E-state index is 5.77. The lowest BCUT2D eigenvalue weighted by Crippen LogP contribution is -2.43. The summed E-state index contributed by atoms with van der Waals surface area (Å²) in [4.78, 5) is 0. The van der Waals surface area contributed by atoms with Crippen molar-refractivity contribution in [3.8, 4) is 0 Å². The first-order valence-corrected chi connectivity index (χ1v) is 7.35. The highest BCUT2D eigenvalue weighted by atomic mass is 16.5. The van der Waals surface area contributed by atoms with Gasteiger partial charge in [0, 0.05) is 25.8 Å². The van der Waals surface area contributed by atoms with Crippen LogP contribution in [0.5, 0.6) is 0 Å². The van der Waals surface area contributed by atoms with E-state index in [2.05, 4.69) is 12.2 Å². The first-order chi connectivity index (χ1) is 8.38. The fourth-order valence-electron chi connectivity index (χ4n) is 2.86. The Balaban J connectivity index is 1.64. The Bertz CT molecular complexity index is 202. The third kappa shape index (κ3) is 4.57. The highest BCUT2D eigenvalue weighted by Crippen LogP contribution is 2.18. The van der Waals surface area contributed by atoms with Crippen LogP contribution in [0.4, 0.5) is 0 Å². The molecule has 2 saturated heterocycles. The first kappa shape index (κ1) is 13.3. The molecule has 0 bridgehead atoms. The average molecular weight is 241 g/mol. The van der Waals surface area contributed by atoms with Gasteiger partial charge in [-0.05, 0) is 38.5 Å². The van der Waals surface area contributed by atoms with Crippen LogP contribution in [-0.2, 0) is 9.47 Å². The summed E-state index contributed by atoms with van der Waals surface area (Å²) in [5.74, 6) is 0. The van der Waals surface area contributed by atoms with Crippen molar-refractivity contribution in [2.45, 2.75) is 70.1 Å². The molecule has 2 aliphatic rings. The van der Waals surface area contributed by atoms with E-state index in [1.54, 1.807) is 0 Å². The van der Waals surface area contributed by atoms with Gasteiger partial charge in [-0.1, -0.05) is 13.3 Å². The molecular formula is C14H27NO2. The van der Waals surface area contributed by atoms with Gasteiger partial charge in [0.15, 0.2) is 0 Å². The third-order valence-corrected chi connectivity index (χ3v) is 3.89. The van der Waals surface area contributed by atoms with Crippen molar-refractivity contribution < 1.29 is 9.47 Å². The van der Waals surface area contributed by atoms with Crippen molar-refractivity contribution in [1.29, 1.82) is 0 Å². The molecule has 100 valence electrons. The second kappa shape index (κ2) is 7.34. The summed E-state index contributed by atoms with van der Waals surface area (Å²) in [5.41, 5.74) is 0. The van der Waals surface area contributed by atoms with Crippen LogP contribution in [0.3, 0.4) is 0 Å². The highest BCUT2D eigenvalue weighted by Gasteiger charge is 2.23. The molecule has 0 aliphatic carbocycles. The predicted octanol–water partition coefficient (Wildman–Crippen LogP) is 2.49. The second-order valence-corrected chi connectivity index (χ2v) is 5.40. The molecular weight excluding hydrogens is 214 g/mol. The summed E-state index contributed by atoms with van der Waals surface area (Å²) in [5, 5.41) is 3.67. The summed E-state index contributed by atoms with van der Waals surface area (Å²) in [7, 11) is 0. The maximum Gasteiger partial charge on any atom is 0.0699 e. The molecule has 3 atom stereocenters. The average Bonchev–Trinajstić information content (AvgIpc) is 2.39. The second-order valence-electron chi connectivity index (χ2n) is 5.40. The molecule has 2 heterocycles. The molecule has 2 fully saturated rings. The topological polar surface area (TPSA) is 30.5 Å². The van der Waals surface area contributed by atoms with Gasteiger partial charge in [0.2, 0.25) is 0 Å². The quantitative estimate of drug-likeness (QED) is 0.802. The van der Waals surface area contributed by atoms with Gasteiger partial charge in [-0.2, -0.15) is 0 Å². The zero-order chi connectivity index (χ0) is 11.9. The van der Waals surface area contributed by atoms with Crippen LogP contribution in [-0.4, -0.2) is 38.0 Å². The molecule has 17 heavy (non-hydrogen) atoms. The van der Waals surface area contributed by atoms with Crippen molar-refractivity contribution in [3.63, 3.8) is 0 Å². The molecule has 3 heteroatoms. The molecule has 2 aliphatic heterocycles. The van der Waals surface area contributed by atoms with E-state index in [4.69, 9.17) is 9.47 Å². The van der Waals surface area contributed by atoms with Gasteiger partial charge in [-0.3, -0.25) is 0 Å². The minimum Gasteiger partial charge on any atom is -0.378 e. The summed E-state index contributed by atoms with van der Waals surface area (Å²) in [6, 6.07) is 0.644. The van der Waals surface area contributed by atoms with Crippen LogP contribution in [0.2, 0.25) is 0 Å². The van der Waals surface area contributed by atoms with E-state index in [0.717, 1.165) is 26.2 Å². The monoisotopic (exact) mass is 241 g/mol. The van der Waals surface area contributed by atoms with E-state index in [9.17, 15) is 0 Å². The van der Waals surface area contributed by atoms with Gasteiger partial charge < -0.3 is 14.8 Å². The van der Waals surface area contributed by atoms with Crippen molar-refractivity contribution in [2.75, 3.05) is 19.8 Å². The van der Waals surface area contributed by atoms with E-state index in [1.807, 2.05) is 0 Å². The lowest BCUT2D eigenvalue weighted by Gasteiger charge is -2.32. The molecule has 0 aromatic carbocycles. The number of nitrogens with one attached hydrogen (secondary N) is 1. The summed E-state index contributed by atoms with van der Waals surface area (Å²) in [6.45, 7) is 5.15. The smallest absolute Gasteiger partial charge is 0.0699 e. The van der Waals surface area contributed by atoms with Crippen molar-refractivity contribution in [3.05, 3.63) is 0 Å². The van der Waals surface area contributed by atoms with Crippen molar-refractivity contribution in [2.24, 2.45) is 0 Å². The largest absolute Gasteiger partial charge is 0.378 e. The molecule has 0 aromatic rings. The summed E-state index contributed by atoms with van der Waals surface area (Å²) < 4.78 is 11.5. The van der Waals surface area contributed by atoms with E-state index in [1.165, 1.54) is 38.5 Å². The lowest BCUT2D eigenvalue weighted by molar-refractivity contribution is -0.0136. The minimum absolute atomic E-state index is 0.455. The van der Waals surface area contributed by atoms with E-state index < -0.39 is 0 Å². The number of hydrogen-bond acceptors (Lipinski definition) is 3. The zero-order valence-corrected chi connectivity index (χ0v) is 11.1. The minimum atomic E-state index is 0.455. The molecule has 0 radical (unpaired) electrons. The van der Waals surface area contributed by atoms with Crippen LogP contribution >= 0.6 is 0 Å². The number of hydrogen-bond donors (Lipinski definition) is 1. The lowest BCUT2D eigenvalue weighted by atomic mass is 9.99. The zero-order valence-electron chi connectivity index (χ0n) is 11.1. The van der Waals surface area contributed by atoms with Crippen LogP contribution in [0.25, 0.3) is 0 Å². The SMILES string of the molecule is CCCC1CC(NCC2CCCCO2)CCO1. The Morgan fingerprint density at radius 3 is 2.71 bits per heavy atom. The Morgan fingerprint density at radius 1 is 1.06 bits per heavy atom. The standard InChI is InChI=1S/C14H27NO2/c1-2-5-13-10-12(7-9-17-13)15-11-14-6-3-4-8-16-14/h12-15H,2-11H2,1H3. The number of rotatable bonds is 5. The van der Waals surface area contributed by atoms with Gasteiger partial charge in [0.05, 0.1) is 12.2 Å². The van der Waals surface area contributed by atoms with E-state index in [-0.39, 0.29) is 0 Å². The van der Waals surface area contributed by atoms with Gasteiger partial charge in [-0.25, -0.2) is 0 Å². The Hall–Kier alpha value is -0.120. The van der Waals surface area contributed by atoms with Crippen LogP contribution < -0.4 is 5.32 Å². The van der Waals surface area contributed by atoms with Gasteiger partial charge in [-0.15, -0.1) is 0 Å². The van der Waals surface area contributed by atoms with Crippen LogP contribution in [0.15, 0.2) is 0 Å². The Morgan fingerprint density at radius 2 is 1.94 bits per heavy atom. The van der Waals surface area contributed by atoms with Crippen molar-refractivity contribution >= 4 is 0 Å². The molecule has 0 aromatic heterocycles. The molecule has 0 spiro atoms. The summed E-state index contributed by atoms with van der Waals surface area (Å²) in [6.07, 6.45) is 9.52. The van der Waals surface area contributed by atoms with Crippen LogP contribution in [0.1, 0.15) is 51.9 Å². The van der Waals surface area contributed by atoms with Gasteiger partial charge in [0.1, 0.15) is 0 Å². The summed E-state index contributed by atoms with van der Waals surface area (Å²) >= 11 is 0. The Labute approximate surface area is 105 Å². The maximum absolute atomic E-state index is 5.77. The van der Waals surface area contributed by atoms with Crippen molar-refractivity contribution in [1.82, 2.24) is 5.32 Å². The van der Waals surface area contributed by atoms with Crippen LogP contribution in [0, 0.1) is 0 Å². The molecule has 3 nitrogen and oxygen atoms in total. The normalized spacial score (nSPS) is 34.8. The van der Waals surface area contributed by atoms with Gasteiger partial charge >= 0.3 is 0 Å². The fourth-order valence-corrected chi connectivity index (χ4v) is 2.86. The highest BCUT2D eigenvalue weighted by molar-refractivity contribution is 4.78. The van der Waals surface area contributed by atoms with E-state index >= 15 is 0 Å². The predicted molar refractivity (Wildman–Crippen MR) is 69.3 cm³/mol. The van der Waals surface area contributed by atoms with Gasteiger partial charge in [0.25, 0.3) is 0 Å². The molecule has 3 unspecified atom stereocenters. The molecule has 0 amide bonds. The first-order valence-electron chi connectivity index (χ1n) is 7.35. The number of ether oxygens (including phenoxy) is 2. The molecule has 1 N–H and O–H groups in total. The fraction of sp³-hybridized carbons (Fsp3) is 1.00. The Kier molecular flexibility index (Phi) is 5.75. The third-order valence-electron chi connectivity index (χ3n) is 3.89. The molecule has 2 rings (SSSR count). The van der Waals surface area contributed by atoms with E-state index in [0.29, 0.717) is 18.2 Å². The molecule has 0 saturated carbocycles.